The molecule has 0 bridgehead atoms. The first-order chi connectivity index (χ1) is 9.19. The van der Waals surface area contributed by atoms with Gasteiger partial charge in [0, 0.05) is 18.0 Å². The van der Waals surface area contributed by atoms with Crippen molar-refractivity contribution < 1.29 is 9.53 Å². The highest BCUT2D eigenvalue weighted by molar-refractivity contribution is 7.22. The van der Waals surface area contributed by atoms with Gasteiger partial charge in [-0.05, 0) is 31.5 Å². The van der Waals surface area contributed by atoms with Crippen LogP contribution in [-0.4, -0.2) is 24.1 Å². The van der Waals surface area contributed by atoms with Gasteiger partial charge in [-0.3, -0.25) is 4.79 Å². The number of rotatable bonds is 6. The SMILES string of the molecule is CCOC(=O)CCCNc1nc2ccc(Cl)cc2s1. The summed E-state index contributed by atoms with van der Waals surface area (Å²) in [6, 6.07) is 5.63. The molecule has 0 aliphatic rings. The second-order valence-electron chi connectivity index (χ2n) is 3.97. The van der Waals surface area contributed by atoms with Crippen LogP contribution in [0.4, 0.5) is 5.13 Å². The molecule has 0 fully saturated rings. The molecule has 0 aliphatic heterocycles. The number of carbonyl (C=O) groups excluding carboxylic acids is 1. The Morgan fingerprint density at radius 1 is 1.53 bits per heavy atom. The van der Waals surface area contributed by atoms with E-state index in [1.54, 1.807) is 11.3 Å². The van der Waals surface area contributed by atoms with Crippen molar-refractivity contribution in [2.24, 2.45) is 0 Å². The van der Waals surface area contributed by atoms with Crippen LogP contribution in [0.25, 0.3) is 10.2 Å². The molecule has 2 aromatic rings. The van der Waals surface area contributed by atoms with Crippen LogP contribution in [0.1, 0.15) is 19.8 Å². The molecule has 1 N–H and O–H groups in total. The highest BCUT2D eigenvalue weighted by atomic mass is 35.5. The first kappa shape index (κ1) is 14.1. The summed E-state index contributed by atoms with van der Waals surface area (Å²) >= 11 is 7.48. The molecular weight excluding hydrogens is 284 g/mol. The van der Waals surface area contributed by atoms with Crippen molar-refractivity contribution in [3.8, 4) is 0 Å². The van der Waals surface area contributed by atoms with Crippen LogP contribution in [0.5, 0.6) is 0 Å². The lowest BCUT2D eigenvalue weighted by atomic mass is 10.3. The van der Waals surface area contributed by atoms with E-state index in [9.17, 15) is 4.79 Å². The lowest BCUT2D eigenvalue weighted by Gasteiger charge is -2.02. The van der Waals surface area contributed by atoms with E-state index in [2.05, 4.69) is 10.3 Å². The third-order valence-electron chi connectivity index (χ3n) is 2.49. The van der Waals surface area contributed by atoms with E-state index in [-0.39, 0.29) is 5.97 Å². The van der Waals surface area contributed by atoms with Crippen molar-refractivity contribution in [3.63, 3.8) is 0 Å². The first-order valence-electron chi connectivity index (χ1n) is 6.14. The molecule has 0 radical (unpaired) electrons. The number of hydrogen-bond donors (Lipinski definition) is 1. The molecule has 4 nitrogen and oxygen atoms in total. The Bertz CT molecular complexity index is 571. The molecule has 102 valence electrons. The van der Waals surface area contributed by atoms with Gasteiger partial charge in [-0.15, -0.1) is 0 Å². The average molecular weight is 299 g/mol. The fraction of sp³-hybridized carbons (Fsp3) is 0.385. The van der Waals surface area contributed by atoms with Crippen LogP contribution in [0.3, 0.4) is 0 Å². The van der Waals surface area contributed by atoms with Crippen molar-refractivity contribution >= 4 is 44.3 Å². The minimum atomic E-state index is -0.152. The summed E-state index contributed by atoms with van der Waals surface area (Å²) in [5.74, 6) is -0.152. The number of carbonyl (C=O) groups is 1. The zero-order chi connectivity index (χ0) is 13.7. The Kier molecular flexibility index (Phi) is 4.99. The molecule has 1 aromatic carbocycles. The van der Waals surface area contributed by atoms with Gasteiger partial charge >= 0.3 is 5.97 Å². The standard InChI is InChI=1S/C13H15ClN2O2S/c1-2-18-12(17)4-3-7-15-13-16-10-6-5-9(14)8-11(10)19-13/h5-6,8H,2-4,7H2,1H3,(H,15,16). The average Bonchev–Trinajstić information content (AvgIpc) is 2.77. The molecule has 0 amide bonds. The Morgan fingerprint density at radius 2 is 2.37 bits per heavy atom. The van der Waals surface area contributed by atoms with Crippen molar-refractivity contribution in [2.45, 2.75) is 19.8 Å². The molecule has 19 heavy (non-hydrogen) atoms. The molecule has 2 rings (SSSR count). The molecule has 0 saturated heterocycles. The van der Waals surface area contributed by atoms with E-state index >= 15 is 0 Å². The van der Waals surface area contributed by atoms with Gasteiger partial charge in [0.25, 0.3) is 0 Å². The predicted octanol–water partition coefficient (Wildman–Crippen LogP) is 3.70. The van der Waals surface area contributed by atoms with Gasteiger partial charge in [-0.25, -0.2) is 4.98 Å². The third kappa shape index (κ3) is 4.08. The number of thiazole rings is 1. The van der Waals surface area contributed by atoms with E-state index in [0.717, 1.165) is 21.8 Å². The Labute approximate surface area is 120 Å². The van der Waals surface area contributed by atoms with Gasteiger partial charge < -0.3 is 10.1 Å². The zero-order valence-corrected chi connectivity index (χ0v) is 12.2. The smallest absolute Gasteiger partial charge is 0.305 e. The van der Waals surface area contributed by atoms with Crippen LogP contribution in [0.2, 0.25) is 5.02 Å². The van der Waals surface area contributed by atoms with E-state index in [4.69, 9.17) is 16.3 Å². The molecule has 6 heteroatoms. The van der Waals surface area contributed by atoms with Gasteiger partial charge in [0.2, 0.25) is 0 Å². The Morgan fingerprint density at radius 3 is 3.16 bits per heavy atom. The summed E-state index contributed by atoms with van der Waals surface area (Å²) in [6.07, 6.45) is 1.16. The number of fused-ring (bicyclic) bond motifs is 1. The first-order valence-corrected chi connectivity index (χ1v) is 7.34. The normalized spacial score (nSPS) is 10.6. The van der Waals surface area contributed by atoms with Crippen molar-refractivity contribution in [1.82, 2.24) is 4.98 Å². The summed E-state index contributed by atoms with van der Waals surface area (Å²) in [6.45, 7) is 2.94. The monoisotopic (exact) mass is 298 g/mol. The maximum Gasteiger partial charge on any atom is 0.305 e. The number of nitrogens with zero attached hydrogens (tertiary/aromatic N) is 1. The summed E-state index contributed by atoms with van der Waals surface area (Å²) < 4.78 is 5.92. The van der Waals surface area contributed by atoms with Crippen LogP contribution in [0, 0.1) is 0 Å². The maximum atomic E-state index is 11.2. The van der Waals surface area contributed by atoms with Crippen LogP contribution >= 0.6 is 22.9 Å². The summed E-state index contributed by atoms with van der Waals surface area (Å²) in [4.78, 5) is 15.6. The van der Waals surface area contributed by atoms with E-state index in [0.29, 0.717) is 24.6 Å². The third-order valence-corrected chi connectivity index (χ3v) is 3.70. The Hall–Kier alpha value is -1.33. The maximum absolute atomic E-state index is 11.2. The van der Waals surface area contributed by atoms with Gasteiger partial charge in [-0.2, -0.15) is 0 Å². The molecule has 1 heterocycles. The molecule has 0 atom stereocenters. The fourth-order valence-corrected chi connectivity index (χ4v) is 2.80. The van der Waals surface area contributed by atoms with Crippen molar-refractivity contribution in [1.29, 1.82) is 0 Å². The highest BCUT2D eigenvalue weighted by Crippen LogP contribution is 2.28. The number of halogens is 1. The molecular formula is C13H15ClN2O2S. The number of nitrogens with one attached hydrogen (secondary N) is 1. The van der Waals surface area contributed by atoms with E-state index in [1.807, 2.05) is 25.1 Å². The summed E-state index contributed by atoms with van der Waals surface area (Å²) in [5.41, 5.74) is 0.933. The van der Waals surface area contributed by atoms with Gasteiger partial charge in [-0.1, -0.05) is 22.9 Å². The van der Waals surface area contributed by atoms with Crippen LogP contribution in [0.15, 0.2) is 18.2 Å². The molecule has 1 aromatic heterocycles. The number of benzene rings is 1. The number of anilines is 1. The minimum absolute atomic E-state index is 0.152. The largest absolute Gasteiger partial charge is 0.466 e. The van der Waals surface area contributed by atoms with E-state index < -0.39 is 0 Å². The molecule has 0 spiro atoms. The molecule has 0 saturated carbocycles. The molecule has 0 unspecified atom stereocenters. The second kappa shape index (κ2) is 6.73. The minimum Gasteiger partial charge on any atom is -0.466 e. The number of aromatic nitrogens is 1. The van der Waals surface area contributed by atoms with Gasteiger partial charge in [0.1, 0.15) is 0 Å². The van der Waals surface area contributed by atoms with Gasteiger partial charge in [0.15, 0.2) is 5.13 Å². The predicted molar refractivity (Wildman–Crippen MR) is 79.0 cm³/mol. The van der Waals surface area contributed by atoms with Crippen molar-refractivity contribution in [2.75, 3.05) is 18.5 Å². The topological polar surface area (TPSA) is 51.2 Å². The lowest BCUT2D eigenvalue weighted by Crippen LogP contribution is -2.07. The summed E-state index contributed by atoms with van der Waals surface area (Å²) in [7, 11) is 0. The Balaban J connectivity index is 1.83. The number of ether oxygens (including phenoxy) is 1. The second-order valence-corrected chi connectivity index (χ2v) is 5.43. The van der Waals surface area contributed by atoms with E-state index in [1.165, 1.54) is 0 Å². The summed E-state index contributed by atoms with van der Waals surface area (Å²) in [5, 5.41) is 4.77. The quantitative estimate of drug-likeness (QED) is 0.652. The van der Waals surface area contributed by atoms with Crippen LogP contribution in [-0.2, 0) is 9.53 Å². The number of esters is 1. The van der Waals surface area contributed by atoms with Crippen molar-refractivity contribution in [3.05, 3.63) is 23.2 Å². The highest BCUT2D eigenvalue weighted by Gasteiger charge is 2.05. The number of hydrogen-bond acceptors (Lipinski definition) is 5. The fourth-order valence-electron chi connectivity index (χ4n) is 1.64. The lowest BCUT2D eigenvalue weighted by molar-refractivity contribution is -0.143. The van der Waals surface area contributed by atoms with Crippen LogP contribution < -0.4 is 5.32 Å². The zero-order valence-electron chi connectivity index (χ0n) is 10.6. The molecule has 0 aliphatic carbocycles. The van der Waals surface area contributed by atoms with Gasteiger partial charge in [0.05, 0.1) is 16.8 Å².